The van der Waals surface area contributed by atoms with Crippen LogP contribution in [0.2, 0.25) is 0 Å². The number of likely N-dealkylation sites (N-methyl/N-ethyl adjacent to an activating group) is 2. The molecule has 2 aromatic carbocycles. The van der Waals surface area contributed by atoms with E-state index in [0.717, 1.165) is 37.3 Å². The Morgan fingerprint density at radius 1 is 1.14 bits per heavy atom. The van der Waals surface area contributed by atoms with Gasteiger partial charge in [0.1, 0.15) is 11.4 Å². The molecule has 4 rings (SSSR count). The fourth-order valence-electron chi connectivity index (χ4n) is 4.73. The van der Waals surface area contributed by atoms with Gasteiger partial charge in [0.2, 0.25) is 17.6 Å². The van der Waals surface area contributed by atoms with Crippen LogP contribution in [0.15, 0.2) is 61.3 Å². The van der Waals surface area contributed by atoms with E-state index in [4.69, 9.17) is 4.74 Å². The molecule has 1 fully saturated rings. The maximum absolute atomic E-state index is 13.3. The summed E-state index contributed by atoms with van der Waals surface area (Å²) in [4.78, 5) is 40.5. The molecule has 1 amide bonds. The number of β-amino-alcohol motifs (C(OH)–C–C–N with tert-alkyl or cyclic N) is 1. The molecule has 1 aliphatic heterocycles. The molecule has 1 saturated heterocycles. The first-order valence-corrected chi connectivity index (χ1v) is 13.9. The van der Waals surface area contributed by atoms with Crippen molar-refractivity contribution in [3.05, 3.63) is 72.6 Å². The van der Waals surface area contributed by atoms with Crippen LogP contribution in [0.4, 0.5) is 28.7 Å². The van der Waals surface area contributed by atoms with Gasteiger partial charge in [-0.3, -0.25) is 9.59 Å². The van der Waals surface area contributed by atoms with Gasteiger partial charge in [-0.1, -0.05) is 6.58 Å². The molecule has 222 valence electrons. The van der Waals surface area contributed by atoms with Crippen molar-refractivity contribution in [1.29, 1.82) is 0 Å². The zero-order valence-corrected chi connectivity index (χ0v) is 24.6. The summed E-state index contributed by atoms with van der Waals surface area (Å²) in [6, 6.07) is 12.5. The van der Waals surface area contributed by atoms with Gasteiger partial charge in [0.05, 0.1) is 30.3 Å². The number of carbonyl (C=O) groups excluding carboxylic acids is 2. The minimum Gasteiger partial charge on any atom is -0.494 e. The zero-order chi connectivity index (χ0) is 30.2. The van der Waals surface area contributed by atoms with E-state index >= 15 is 0 Å². The highest BCUT2D eigenvalue weighted by molar-refractivity contribution is 6.08. The molecule has 0 aliphatic carbocycles. The lowest BCUT2D eigenvalue weighted by Crippen LogP contribution is -2.38. The van der Waals surface area contributed by atoms with E-state index in [-0.39, 0.29) is 29.4 Å². The van der Waals surface area contributed by atoms with Crippen LogP contribution in [0, 0.1) is 0 Å². The molecule has 0 saturated carbocycles. The van der Waals surface area contributed by atoms with Crippen molar-refractivity contribution < 1.29 is 19.4 Å². The van der Waals surface area contributed by atoms with Gasteiger partial charge in [-0.25, -0.2) is 9.97 Å². The lowest BCUT2D eigenvalue weighted by atomic mass is 10.0. The van der Waals surface area contributed by atoms with Crippen molar-refractivity contribution in [3.63, 3.8) is 0 Å². The molecular formula is C31H39N7O4. The molecule has 1 aromatic heterocycles. The minimum absolute atomic E-state index is 0.202. The lowest BCUT2D eigenvalue weighted by molar-refractivity contribution is -0.111. The Morgan fingerprint density at radius 2 is 1.90 bits per heavy atom. The van der Waals surface area contributed by atoms with Gasteiger partial charge in [-0.15, -0.1) is 0 Å². The van der Waals surface area contributed by atoms with E-state index in [1.807, 2.05) is 44.2 Å². The first-order chi connectivity index (χ1) is 20.2. The van der Waals surface area contributed by atoms with Gasteiger partial charge in [0, 0.05) is 56.7 Å². The number of hydrogen-bond acceptors (Lipinski definition) is 10. The average Bonchev–Trinajstić information content (AvgIpc) is 2.99. The van der Waals surface area contributed by atoms with Crippen LogP contribution in [0.25, 0.3) is 0 Å². The normalized spacial score (nSPS) is 14.8. The van der Waals surface area contributed by atoms with Gasteiger partial charge in [0.15, 0.2) is 0 Å². The number of piperidine rings is 1. The van der Waals surface area contributed by atoms with E-state index in [9.17, 15) is 14.7 Å². The molecule has 0 radical (unpaired) electrons. The number of amides is 1. The molecular weight excluding hydrogens is 534 g/mol. The fraction of sp³-hybridized carbons (Fsp3) is 0.355. The number of benzene rings is 2. The third-order valence-corrected chi connectivity index (χ3v) is 7.08. The first kappa shape index (κ1) is 30.5. The van der Waals surface area contributed by atoms with E-state index in [2.05, 4.69) is 37.0 Å². The molecule has 3 aromatic rings. The summed E-state index contributed by atoms with van der Waals surface area (Å²) in [7, 11) is 7.49. The molecule has 3 N–H and O–H groups in total. The van der Waals surface area contributed by atoms with Crippen LogP contribution < -0.4 is 25.2 Å². The molecule has 2 heterocycles. The standard InChI is InChI=1S/C31H39N7O4/c1-6-29(40)33-25-18-26(28(42-5)19-27(25)37(4)17-16-36(2)3)35-31-32-14-13-24(34-31)30(41)21-9-11-22(12-10-21)38-15-7-8-23(39)20-38/h6,9-14,18-19,23,39H,1,7-8,15-17,20H2,2-5H3,(H,33,40)(H,32,34,35)/t23-/m0/s1. The number of ketones is 1. The highest BCUT2D eigenvalue weighted by atomic mass is 16.5. The van der Waals surface area contributed by atoms with Gasteiger partial charge in [0.25, 0.3) is 0 Å². The number of carbonyl (C=O) groups is 2. The van der Waals surface area contributed by atoms with Crippen LogP contribution in [-0.2, 0) is 4.79 Å². The molecule has 11 heteroatoms. The Labute approximate surface area is 246 Å². The van der Waals surface area contributed by atoms with Crippen molar-refractivity contribution in [3.8, 4) is 5.75 Å². The predicted octanol–water partition coefficient (Wildman–Crippen LogP) is 3.54. The number of methoxy groups -OCH3 is 1. The summed E-state index contributed by atoms with van der Waals surface area (Å²) in [6.45, 7) is 6.55. The second-order valence-electron chi connectivity index (χ2n) is 10.5. The van der Waals surface area contributed by atoms with Gasteiger partial charge in [-0.2, -0.15) is 0 Å². The van der Waals surface area contributed by atoms with Gasteiger partial charge >= 0.3 is 0 Å². The molecule has 11 nitrogen and oxygen atoms in total. The van der Waals surface area contributed by atoms with Gasteiger partial charge < -0.3 is 35.2 Å². The number of aromatic nitrogens is 2. The van der Waals surface area contributed by atoms with Crippen molar-refractivity contribution in [2.24, 2.45) is 0 Å². The van der Waals surface area contributed by atoms with Crippen LogP contribution >= 0.6 is 0 Å². The number of anilines is 5. The topological polar surface area (TPSA) is 123 Å². The van der Waals surface area contributed by atoms with Crippen molar-refractivity contribution >= 4 is 40.4 Å². The summed E-state index contributed by atoms with van der Waals surface area (Å²) in [5.74, 6) is 0.124. The minimum atomic E-state index is -0.347. The Bertz CT molecular complexity index is 1410. The van der Waals surface area contributed by atoms with Crippen LogP contribution in [0.1, 0.15) is 28.9 Å². The largest absolute Gasteiger partial charge is 0.494 e. The van der Waals surface area contributed by atoms with E-state index in [1.54, 1.807) is 31.4 Å². The molecule has 1 atom stereocenters. The van der Waals surface area contributed by atoms with Crippen molar-refractivity contribution in [2.75, 3.05) is 74.9 Å². The number of hydrogen-bond donors (Lipinski definition) is 3. The first-order valence-electron chi connectivity index (χ1n) is 13.9. The Balaban J connectivity index is 1.57. The maximum Gasteiger partial charge on any atom is 0.247 e. The number of nitrogens with zero attached hydrogens (tertiary/aromatic N) is 5. The monoisotopic (exact) mass is 573 g/mol. The Kier molecular flexibility index (Phi) is 10.1. The molecule has 0 bridgehead atoms. The molecule has 42 heavy (non-hydrogen) atoms. The third kappa shape index (κ3) is 7.62. The fourth-order valence-corrected chi connectivity index (χ4v) is 4.73. The number of ether oxygens (including phenoxy) is 1. The summed E-state index contributed by atoms with van der Waals surface area (Å²) in [5.41, 5.74) is 3.53. The summed E-state index contributed by atoms with van der Waals surface area (Å²) in [5, 5.41) is 16.0. The maximum atomic E-state index is 13.3. The van der Waals surface area contributed by atoms with Crippen LogP contribution in [0.3, 0.4) is 0 Å². The number of aliphatic hydroxyl groups is 1. The highest BCUT2D eigenvalue weighted by Gasteiger charge is 2.20. The van der Waals surface area contributed by atoms with E-state index < -0.39 is 0 Å². The van der Waals surface area contributed by atoms with Gasteiger partial charge in [-0.05, 0) is 69.4 Å². The number of nitrogens with one attached hydrogen (secondary N) is 2. The summed E-state index contributed by atoms with van der Waals surface area (Å²) >= 11 is 0. The van der Waals surface area contributed by atoms with Crippen molar-refractivity contribution in [2.45, 2.75) is 18.9 Å². The Morgan fingerprint density at radius 3 is 2.57 bits per heavy atom. The predicted molar refractivity (Wildman–Crippen MR) is 166 cm³/mol. The third-order valence-electron chi connectivity index (χ3n) is 7.08. The quantitative estimate of drug-likeness (QED) is 0.219. The summed E-state index contributed by atoms with van der Waals surface area (Å²) < 4.78 is 5.66. The molecule has 0 unspecified atom stereocenters. The second kappa shape index (κ2) is 13.9. The van der Waals surface area contributed by atoms with E-state index in [0.29, 0.717) is 35.8 Å². The van der Waals surface area contributed by atoms with Crippen LogP contribution in [-0.4, -0.2) is 92.2 Å². The molecule has 0 spiro atoms. The van der Waals surface area contributed by atoms with Crippen LogP contribution in [0.5, 0.6) is 5.75 Å². The van der Waals surface area contributed by atoms with Crippen molar-refractivity contribution in [1.82, 2.24) is 14.9 Å². The molecule has 1 aliphatic rings. The number of aliphatic hydroxyl groups excluding tert-OH is 1. The van der Waals surface area contributed by atoms with E-state index in [1.165, 1.54) is 12.3 Å². The highest BCUT2D eigenvalue weighted by Crippen LogP contribution is 2.38. The lowest BCUT2D eigenvalue weighted by Gasteiger charge is -2.32. The Hall–Kier alpha value is -4.48. The second-order valence-corrected chi connectivity index (χ2v) is 10.5. The average molecular weight is 574 g/mol. The summed E-state index contributed by atoms with van der Waals surface area (Å²) in [6.07, 6.45) is 4.14. The number of rotatable bonds is 12. The smallest absolute Gasteiger partial charge is 0.247 e. The SMILES string of the molecule is C=CC(=O)Nc1cc(Nc2nccc(C(=O)c3ccc(N4CCC[C@H](O)C4)cc3)n2)c(OC)cc1N(C)CCN(C)C. The zero-order valence-electron chi connectivity index (χ0n) is 24.6.